The summed E-state index contributed by atoms with van der Waals surface area (Å²) >= 11 is 0. The first kappa shape index (κ1) is 27.3. The fourth-order valence-corrected chi connectivity index (χ4v) is 3.39. The van der Waals surface area contributed by atoms with Crippen LogP contribution in [0.25, 0.3) is 11.1 Å². The maximum Gasteiger partial charge on any atom is 0.169 e. The van der Waals surface area contributed by atoms with Crippen LogP contribution in [0.2, 0.25) is 0 Å². The Morgan fingerprint density at radius 3 is 1.14 bits per heavy atom. The van der Waals surface area contributed by atoms with E-state index in [9.17, 15) is 0 Å². The molecule has 2 nitrogen and oxygen atoms in total. The molecule has 0 saturated heterocycles. The average Bonchev–Trinajstić information content (AvgIpc) is 2.69. The molecule has 0 amide bonds. The van der Waals surface area contributed by atoms with Gasteiger partial charge in [-0.2, -0.15) is 0 Å². The summed E-state index contributed by atoms with van der Waals surface area (Å²) in [4.78, 5) is 0. The Kier molecular flexibility index (Phi) is 16.7. The molecule has 0 aliphatic carbocycles. The summed E-state index contributed by atoms with van der Waals surface area (Å²) in [5.74, 6) is 0. The molecule has 2 aromatic heterocycles. The lowest BCUT2D eigenvalue weighted by Crippen LogP contribution is -2.33. The van der Waals surface area contributed by atoms with Crippen molar-refractivity contribution in [3.8, 4) is 11.1 Å². The van der Waals surface area contributed by atoms with Crippen molar-refractivity contribution in [3.63, 3.8) is 0 Å². The van der Waals surface area contributed by atoms with Gasteiger partial charge >= 0.3 is 0 Å². The van der Waals surface area contributed by atoms with Gasteiger partial charge in [-0.25, -0.2) is 9.13 Å². The highest BCUT2D eigenvalue weighted by molar-refractivity contribution is 8.93. The van der Waals surface area contributed by atoms with Crippen LogP contribution < -0.4 is 9.13 Å². The molecular formula is C24H40Br2N2+2. The summed E-state index contributed by atoms with van der Waals surface area (Å²) in [5, 5.41) is 0. The van der Waals surface area contributed by atoms with Crippen LogP contribution in [0.5, 0.6) is 0 Å². The van der Waals surface area contributed by atoms with Gasteiger partial charge in [0.25, 0.3) is 0 Å². The van der Waals surface area contributed by atoms with Gasteiger partial charge in [0.05, 0.1) is 0 Å². The average molecular weight is 516 g/mol. The summed E-state index contributed by atoms with van der Waals surface area (Å²) in [5.41, 5.74) is 2.62. The summed E-state index contributed by atoms with van der Waals surface area (Å²) in [6, 6.07) is 8.99. The lowest BCUT2D eigenvalue weighted by molar-refractivity contribution is -0.697. The molecule has 0 bridgehead atoms. The Bertz CT molecular complexity index is 542. The summed E-state index contributed by atoms with van der Waals surface area (Å²) in [6.07, 6.45) is 22.3. The zero-order valence-electron chi connectivity index (χ0n) is 17.8. The quantitative estimate of drug-likeness (QED) is 0.200. The van der Waals surface area contributed by atoms with Gasteiger partial charge in [-0.15, -0.1) is 34.0 Å². The third-order valence-corrected chi connectivity index (χ3v) is 5.16. The second-order valence-electron chi connectivity index (χ2n) is 7.48. The van der Waals surface area contributed by atoms with Crippen molar-refractivity contribution in [2.75, 3.05) is 0 Å². The van der Waals surface area contributed by atoms with Gasteiger partial charge in [0.15, 0.2) is 24.8 Å². The number of rotatable bonds is 13. The minimum absolute atomic E-state index is 0. The van der Waals surface area contributed by atoms with Crippen LogP contribution in [0, 0.1) is 0 Å². The molecule has 2 rings (SSSR count). The number of aromatic nitrogens is 2. The molecule has 158 valence electrons. The van der Waals surface area contributed by atoms with Gasteiger partial charge in [0, 0.05) is 37.1 Å². The van der Waals surface area contributed by atoms with E-state index in [4.69, 9.17) is 0 Å². The highest BCUT2D eigenvalue weighted by Gasteiger charge is 2.06. The lowest BCUT2D eigenvalue weighted by atomic mass is 10.1. The van der Waals surface area contributed by atoms with Gasteiger partial charge in [0.1, 0.15) is 13.1 Å². The number of aryl methyl sites for hydroxylation is 2. The molecule has 0 N–H and O–H groups in total. The van der Waals surface area contributed by atoms with Crippen LogP contribution in [0.15, 0.2) is 49.1 Å². The van der Waals surface area contributed by atoms with E-state index in [-0.39, 0.29) is 34.0 Å². The maximum atomic E-state index is 2.31. The van der Waals surface area contributed by atoms with Crippen LogP contribution in [0.4, 0.5) is 0 Å². The number of hydrogen-bond donors (Lipinski definition) is 0. The molecule has 0 radical (unpaired) electrons. The van der Waals surface area contributed by atoms with Gasteiger partial charge in [-0.05, 0) is 24.0 Å². The normalized spacial score (nSPS) is 10.2. The maximum absolute atomic E-state index is 2.31. The van der Waals surface area contributed by atoms with Gasteiger partial charge in [-0.1, -0.05) is 52.4 Å². The zero-order chi connectivity index (χ0) is 18.5. The topological polar surface area (TPSA) is 7.76 Å². The summed E-state index contributed by atoms with van der Waals surface area (Å²) in [6.45, 7) is 6.81. The van der Waals surface area contributed by atoms with Gasteiger partial charge < -0.3 is 0 Å². The minimum atomic E-state index is 0. The molecule has 0 spiro atoms. The number of hydrogen-bond acceptors (Lipinski definition) is 0. The van der Waals surface area contributed by atoms with Crippen molar-refractivity contribution in [2.24, 2.45) is 0 Å². The number of halogens is 2. The van der Waals surface area contributed by atoms with Crippen LogP contribution in [-0.2, 0) is 13.1 Å². The first-order valence-corrected chi connectivity index (χ1v) is 10.8. The van der Waals surface area contributed by atoms with Crippen molar-refractivity contribution >= 4 is 34.0 Å². The Morgan fingerprint density at radius 2 is 0.821 bits per heavy atom. The molecule has 0 aromatic carbocycles. The third-order valence-electron chi connectivity index (χ3n) is 5.16. The van der Waals surface area contributed by atoms with Crippen molar-refractivity contribution in [1.29, 1.82) is 0 Å². The molecule has 28 heavy (non-hydrogen) atoms. The Hall–Kier alpha value is -0.740. The van der Waals surface area contributed by atoms with Gasteiger partial charge in [-0.3, -0.25) is 0 Å². The lowest BCUT2D eigenvalue weighted by Gasteiger charge is -2.02. The second kappa shape index (κ2) is 17.1. The molecular weight excluding hydrogens is 476 g/mol. The highest BCUT2D eigenvalue weighted by Crippen LogP contribution is 2.15. The molecule has 0 aliphatic rings. The van der Waals surface area contributed by atoms with Crippen LogP contribution in [0.3, 0.4) is 0 Å². The predicted octanol–water partition coefficient (Wildman–Crippen LogP) is 7.03. The standard InChI is InChI=1S/C24H38N2.2BrH/c1-3-5-7-9-11-17-25-19-13-23(14-20-25)24-15-21-26(22-16-24)18-12-10-8-6-4-2;;/h13-16,19-22H,3-12,17-18H2,1-2H3;2*1H/q+2;;. The zero-order valence-corrected chi connectivity index (χ0v) is 21.2. The van der Waals surface area contributed by atoms with Crippen molar-refractivity contribution in [1.82, 2.24) is 0 Å². The fraction of sp³-hybridized carbons (Fsp3) is 0.583. The van der Waals surface area contributed by atoms with Crippen LogP contribution in [-0.4, -0.2) is 0 Å². The first-order chi connectivity index (χ1) is 12.8. The SMILES string of the molecule is Br.Br.CCCCCCC[n+]1ccc(-c2cc[n+](CCCCCCC)cc2)cc1. The van der Waals surface area contributed by atoms with E-state index in [0.29, 0.717) is 0 Å². The van der Waals surface area contributed by atoms with Crippen molar-refractivity contribution in [3.05, 3.63) is 49.1 Å². The first-order valence-electron chi connectivity index (χ1n) is 10.8. The van der Waals surface area contributed by atoms with E-state index >= 15 is 0 Å². The molecule has 2 aromatic rings. The van der Waals surface area contributed by atoms with E-state index in [1.807, 2.05) is 0 Å². The molecule has 0 fully saturated rings. The van der Waals surface area contributed by atoms with E-state index in [1.54, 1.807) is 0 Å². The highest BCUT2D eigenvalue weighted by atomic mass is 79.9. The number of nitrogens with zero attached hydrogens (tertiary/aromatic N) is 2. The Balaban J connectivity index is 0.00000364. The molecule has 4 heteroatoms. The van der Waals surface area contributed by atoms with Gasteiger partial charge in [0.2, 0.25) is 0 Å². The largest absolute Gasteiger partial charge is 0.205 e. The van der Waals surface area contributed by atoms with E-state index in [1.165, 1.54) is 75.3 Å². The Morgan fingerprint density at radius 1 is 0.500 bits per heavy atom. The number of pyridine rings is 2. The van der Waals surface area contributed by atoms with E-state index < -0.39 is 0 Å². The third kappa shape index (κ3) is 10.7. The van der Waals surface area contributed by atoms with Crippen LogP contribution in [0.1, 0.15) is 78.1 Å². The fourth-order valence-electron chi connectivity index (χ4n) is 3.39. The van der Waals surface area contributed by atoms with Crippen molar-refractivity contribution in [2.45, 2.75) is 91.1 Å². The molecule has 2 heterocycles. The monoisotopic (exact) mass is 514 g/mol. The predicted molar refractivity (Wildman–Crippen MR) is 130 cm³/mol. The summed E-state index contributed by atoms with van der Waals surface area (Å²) < 4.78 is 4.63. The second-order valence-corrected chi connectivity index (χ2v) is 7.48. The van der Waals surface area contributed by atoms with Crippen molar-refractivity contribution < 1.29 is 9.13 Å². The molecule has 0 unspecified atom stereocenters. The molecule has 0 aliphatic heterocycles. The smallest absolute Gasteiger partial charge is 0.169 e. The summed E-state index contributed by atoms with van der Waals surface area (Å²) in [7, 11) is 0. The molecule has 0 atom stereocenters. The Labute approximate surface area is 193 Å². The number of unbranched alkanes of at least 4 members (excludes halogenated alkanes) is 8. The van der Waals surface area contributed by atoms with E-state index in [0.717, 1.165) is 13.1 Å². The minimum Gasteiger partial charge on any atom is -0.205 e. The molecule has 0 saturated carbocycles. The van der Waals surface area contributed by atoms with Crippen LogP contribution >= 0.6 is 34.0 Å². The van der Waals surface area contributed by atoms with E-state index in [2.05, 4.69) is 72.0 Å².